The first-order chi connectivity index (χ1) is 31.0. The van der Waals surface area contributed by atoms with Crippen molar-refractivity contribution in [2.24, 2.45) is 5.73 Å². The molecule has 6 aromatic rings. The van der Waals surface area contributed by atoms with Crippen LogP contribution in [0.1, 0.15) is 88.3 Å². The maximum absolute atomic E-state index is 12.8. The molecule has 17 nitrogen and oxygen atoms in total. The predicted molar refractivity (Wildman–Crippen MR) is 252 cm³/mol. The van der Waals surface area contributed by atoms with Crippen molar-refractivity contribution < 1.29 is 33.9 Å². The van der Waals surface area contributed by atoms with Crippen LogP contribution < -0.4 is 32.3 Å². The van der Waals surface area contributed by atoms with Crippen LogP contribution in [0.2, 0.25) is 0 Å². The van der Waals surface area contributed by atoms with Gasteiger partial charge in [0.2, 0.25) is 0 Å². The number of fused-ring (bicyclic) bond motifs is 6. The van der Waals surface area contributed by atoms with Crippen LogP contribution in [0.4, 0.5) is 11.4 Å². The maximum Gasteiger partial charge on any atom is 0.335 e. The lowest BCUT2D eigenvalue weighted by Crippen LogP contribution is -2.37. The van der Waals surface area contributed by atoms with Crippen LogP contribution >= 0.6 is 0 Å². The number of nitrogens with zero attached hydrogens (tertiary/aromatic N) is 4. The van der Waals surface area contributed by atoms with Gasteiger partial charge in [-0.1, -0.05) is 12.1 Å². The van der Waals surface area contributed by atoms with Gasteiger partial charge in [0, 0.05) is 101 Å². The van der Waals surface area contributed by atoms with Gasteiger partial charge in [-0.05, 0) is 127 Å². The molecule has 0 radical (unpaired) electrons. The Hall–Kier alpha value is -7.34. The number of likely N-dealkylation sites (N-methyl/N-ethyl adjacent to an activating group) is 2. The molecule has 0 saturated heterocycles. The van der Waals surface area contributed by atoms with Crippen molar-refractivity contribution in [3.05, 3.63) is 131 Å². The van der Waals surface area contributed by atoms with E-state index in [0.29, 0.717) is 59.1 Å². The van der Waals surface area contributed by atoms with E-state index in [4.69, 9.17) is 10.8 Å². The summed E-state index contributed by atoms with van der Waals surface area (Å²) in [5.41, 5.74) is 10.8. The van der Waals surface area contributed by atoms with E-state index in [2.05, 4.69) is 31.5 Å². The van der Waals surface area contributed by atoms with Crippen molar-refractivity contribution in [3.63, 3.8) is 0 Å². The second kappa shape index (κ2) is 20.9. The van der Waals surface area contributed by atoms with Crippen molar-refractivity contribution in [3.8, 4) is 0 Å². The number of carboxylic acid groups (broad SMARTS) is 1. The standard InChI is InChI=1S/C24H27N5O3.C20H17N3O4.C4H12N2/c1-15-14-26-24(32)21-12-17-4-5-18(13-20(17)29(15)21)23(31)27-19-8-6-16(7-9-19)22(30)25-10-11-28(2)3;1-11-10-21-19(25)17-8-13-2-3-14(9-16(13)23(11)17)18(24)22-15-6-4-12(5-7-15)20(26)27;1-6(2)4-3-5/h4-9,12-13,15H,10-11,14H2,1-3H3,(H,25,30)(H,26,32)(H,27,31);2-9,11H,10H2,1H3,(H,21,25)(H,22,24)(H,26,27);3-5H2,1-2H3. The summed E-state index contributed by atoms with van der Waals surface area (Å²) in [5.74, 6) is -1.94. The van der Waals surface area contributed by atoms with Crippen molar-refractivity contribution in [2.75, 3.05) is 78.1 Å². The van der Waals surface area contributed by atoms with Crippen molar-refractivity contribution in [2.45, 2.75) is 25.9 Å². The van der Waals surface area contributed by atoms with E-state index in [1.165, 1.54) is 12.1 Å². The molecule has 340 valence electrons. The average Bonchev–Trinajstić information content (AvgIpc) is 3.87. The van der Waals surface area contributed by atoms with Crippen molar-refractivity contribution >= 4 is 68.7 Å². The molecule has 8 rings (SSSR count). The molecular formula is C48H56N10O7. The summed E-state index contributed by atoms with van der Waals surface area (Å²) < 4.78 is 3.93. The van der Waals surface area contributed by atoms with E-state index >= 15 is 0 Å². The number of hydrogen-bond donors (Lipinski definition) is 7. The third-order valence-corrected chi connectivity index (χ3v) is 10.9. The molecule has 2 aliphatic rings. The third-order valence-electron chi connectivity index (χ3n) is 10.9. The predicted octanol–water partition coefficient (Wildman–Crippen LogP) is 4.89. The SMILES string of the molecule is CC1CNC(=O)c2cc3ccc(C(=O)Nc4ccc(C(=O)NCCN(C)C)cc4)cc3n21.CC1CNC(=O)c2cc3ccc(C(=O)Nc4ccc(C(=O)O)cc4)cc3n21.CN(C)CCN. The number of amides is 5. The molecule has 4 heterocycles. The zero-order valence-electron chi connectivity index (χ0n) is 37.4. The smallest absolute Gasteiger partial charge is 0.335 e. The normalized spacial score (nSPS) is 15.1. The lowest BCUT2D eigenvalue weighted by Gasteiger charge is -2.24. The summed E-state index contributed by atoms with van der Waals surface area (Å²) in [4.78, 5) is 76.9. The Kier molecular flexibility index (Phi) is 15.2. The highest BCUT2D eigenvalue weighted by Gasteiger charge is 2.26. The first-order valence-electron chi connectivity index (χ1n) is 21.2. The van der Waals surface area contributed by atoms with Gasteiger partial charge in [-0.25, -0.2) is 4.79 Å². The van der Waals surface area contributed by atoms with Gasteiger partial charge in [-0.15, -0.1) is 0 Å². The minimum Gasteiger partial charge on any atom is -0.478 e. The highest BCUT2D eigenvalue weighted by molar-refractivity contribution is 6.09. The van der Waals surface area contributed by atoms with Crippen molar-refractivity contribution in [1.82, 2.24) is 34.9 Å². The van der Waals surface area contributed by atoms with Gasteiger partial charge in [0.15, 0.2) is 0 Å². The minimum absolute atomic E-state index is 0.0945. The number of hydrogen-bond acceptors (Lipinski definition) is 9. The lowest BCUT2D eigenvalue weighted by atomic mass is 10.1. The van der Waals surface area contributed by atoms with E-state index in [9.17, 15) is 28.8 Å². The van der Waals surface area contributed by atoms with E-state index in [0.717, 1.165) is 41.4 Å². The molecule has 2 aromatic heterocycles. The first-order valence-corrected chi connectivity index (χ1v) is 21.2. The molecule has 0 fully saturated rings. The number of nitrogens with one attached hydrogen (secondary N) is 5. The van der Waals surface area contributed by atoms with E-state index < -0.39 is 5.97 Å². The van der Waals surface area contributed by atoms with E-state index in [1.54, 1.807) is 54.6 Å². The zero-order valence-corrected chi connectivity index (χ0v) is 37.4. The lowest BCUT2D eigenvalue weighted by molar-refractivity contribution is 0.0695. The Balaban J connectivity index is 0.000000193. The van der Waals surface area contributed by atoms with E-state index in [-0.39, 0.29) is 47.2 Å². The second-order valence-electron chi connectivity index (χ2n) is 16.5. The molecule has 2 atom stereocenters. The Morgan fingerprint density at radius 3 is 1.42 bits per heavy atom. The molecule has 0 aliphatic carbocycles. The quantitative estimate of drug-likeness (QED) is 0.0933. The number of nitrogens with two attached hydrogens (primary N) is 1. The molecular weight excluding hydrogens is 829 g/mol. The van der Waals surface area contributed by atoms with Crippen LogP contribution in [0.5, 0.6) is 0 Å². The summed E-state index contributed by atoms with van der Waals surface area (Å²) in [5, 5.41) is 25.0. The van der Waals surface area contributed by atoms with Gasteiger partial charge in [-0.3, -0.25) is 24.0 Å². The van der Waals surface area contributed by atoms with Gasteiger partial charge in [-0.2, -0.15) is 0 Å². The molecule has 8 N–H and O–H groups in total. The molecule has 0 saturated carbocycles. The van der Waals surface area contributed by atoms with Gasteiger partial charge >= 0.3 is 5.97 Å². The number of aromatic carboxylic acids is 1. The molecule has 0 spiro atoms. The molecule has 2 aliphatic heterocycles. The van der Waals surface area contributed by atoms with Crippen molar-refractivity contribution in [1.29, 1.82) is 0 Å². The van der Waals surface area contributed by atoms with Crippen LogP contribution in [-0.2, 0) is 0 Å². The van der Waals surface area contributed by atoms with Gasteiger partial charge in [0.25, 0.3) is 29.5 Å². The number of anilines is 2. The van der Waals surface area contributed by atoms with Crippen LogP contribution in [0.25, 0.3) is 21.8 Å². The van der Waals surface area contributed by atoms with Crippen LogP contribution in [0, 0.1) is 0 Å². The largest absolute Gasteiger partial charge is 0.478 e. The van der Waals surface area contributed by atoms with Gasteiger partial charge in [0.05, 0.1) is 5.56 Å². The van der Waals surface area contributed by atoms with Crippen LogP contribution in [0.3, 0.4) is 0 Å². The summed E-state index contributed by atoms with van der Waals surface area (Å²) >= 11 is 0. The number of carbonyl (C=O) groups excluding carboxylic acids is 5. The second-order valence-corrected chi connectivity index (χ2v) is 16.5. The van der Waals surface area contributed by atoms with Gasteiger partial charge in [0.1, 0.15) is 11.4 Å². The molecule has 0 bridgehead atoms. The summed E-state index contributed by atoms with van der Waals surface area (Å²) in [6, 6.07) is 27.4. The fourth-order valence-corrected chi connectivity index (χ4v) is 7.43. The summed E-state index contributed by atoms with van der Waals surface area (Å²) in [7, 11) is 7.91. The number of rotatable bonds is 11. The zero-order chi connectivity index (χ0) is 46.9. The number of carboxylic acids is 1. The summed E-state index contributed by atoms with van der Waals surface area (Å²) in [6.07, 6.45) is 0. The van der Waals surface area contributed by atoms with Crippen LogP contribution in [0.15, 0.2) is 97.1 Å². The Morgan fingerprint density at radius 1 is 0.615 bits per heavy atom. The fourth-order valence-electron chi connectivity index (χ4n) is 7.43. The number of benzene rings is 4. The van der Waals surface area contributed by atoms with Crippen LogP contribution in [-0.4, -0.2) is 127 Å². The van der Waals surface area contributed by atoms with E-state index in [1.807, 2.05) is 86.4 Å². The maximum atomic E-state index is 12.8. The number of carbonyl (C=O) groups is 6. The molecule has 5 amide bonds. The molecule has 2 unspecified atom stereocenters. The molecule has 4 aromatic carbocycles. The third kappa shape index (κ3) is 11.4. The highest BCUT2D eigenvalue weighted by atomic mass is 16.4. The van der Waals surface area contributed by atoms with Gasteiger partial charge < -0.3 is 56.4 Å². The molecule has 17 heteroatoms. The molecule has 65 heavy (non-hydrogen) atoms. The Bertz CT molecular complexity index is 2720. The highest BCUT2D eigenvalue weighted by Crippen LogP contribution is 2.29. The monoisotopic (exact) mass is 884 g/mol. The minimum atomic E-state index is -1.02. The average molecular weight is 885 g/mol. The Morgan fingerprint density at radius 2 is 1.03 bits per heavy atom. The summed E-state index contributed by atoms with van der Waals surface area (Å²) in [6.45, 7) is 8.22. The topological polar surface area (TPSA) is 225 Å². The first kappa shape index (κ1) is 47.1. The number of aromatic nitrogens is 2. The fraction of sp³-hybridized carbons (Fsp3) is 0.292. The Labute approximate surface area is 376 Å².